The van der Waals surface area contributed by atoms with Gasteiger partial charge in [0.15, 0.2) is 0 Å². The highest BCUT2D eigenvalue weighted by molar-refractivity contribution is 5.66. The van der Waals surface area contributed by atoms with E-state index in [1.807, 2.05) is 20.8 Å². The minimum absolute atomic E-state index is 0.130. The molecule has 15 heavy (non-hydrogen) atoms. The molecule has 4 nitrogen and oxygen atoms in total. The number of aliphatic hydroxyl groups is 1. The second kappa shape index (κ2) is 6.80. The summed E-state index contributed by atoms with van der Waals surface area (Å²) < 4.78 is 0. The van der Waals surface area contributed by atoms with Crippen LogP contribution in [-0.4, -0.2) is 34.4 Å². The third-order valence-electron chi connectivity index (χ3n) is 2.89. The summed E-state index contributed by atoms with van der Waals surface area (Å²) in [5, 5.41) is 21.6. The summed E-state index contributed by atoms with van der Waals surface area (Å²) in [6.45, 7) is 6.37. The Morgan fingerprint density at radius 1 is 1.40 bits per heavy atom. The highest BCUT2D eigenvalue weighted by Crippen LogP contribution is 2.13. The second-order valence-corrected chi connectivity index (χ2v) is 4.15. The Bertz CT molecular complexity index is 190. The molecule has 0 aromatic heterocycles. The van der Waals surface area contributed by atoms with Gasteiger partial charge in [-0.05, 0) is 26.2 Å². The first-order chi connectivity index (χ1) is 6.93. The van der Waals surface area contributed by atoms with Crippen LogP contribution in [0.4, 0.5) is 0 Å². The summed E-state index contributed by atoms with van der Waals surface area (Å²) in [5.74, 6) is -0.773. The van der Waals surface area contributed by atoms with E-state index in [0.717, 1.165) is 0 Å². The highest BCUT2D eigenvalue weighted by atomic mass is 16.4. The SMILES string of the molecule is CCC(O)(CC)CNC(C)CCC(=O)O. The van der Waals surface area contributed by atoms with Gasteiger partial charge in [0.05, 0.1) is 5.60 Å². The Balaban J connectivity index is 3.78. The Hall–Kier alpha value is -0.610. The molecule has 0 saturated heterocycles. The van der Waals surface area contributed by atoms with Crippen molar-refractivity contribution >= 4 is 5.97 Å². The van der Waals surface area contributed by atoms with Gasteiger partial charge in [-0.1, -0.05) is 13.8 Å². The van der Waals surface area contributed by atoms with Gasteiger partial charge in [-0.2, -0.15) is 0 Å². The summed E-state index contributed by atoms with van der Waals surface area (Å²) in [6.07, 6.45) is 2.19. The molecular formula is C11H23NO3. The zero-order valence-electron chi connectivity index (χ0n) is 9.92. The Morgan fingerprint density at radius 2 is 1.93 bits per heavy atom. The summed E-state index contributed by atoms with van der Waals surface area (Å²) in [7, 11) is 0. The maximum absolute atomic E-state index is 10.3. The van der Waals surface area contributed by atoms with Crippen molar-refractivity contribution in [3.8, 4) is 0 Å². The zero-order valence-corrected chi connectivity index (χ0v) is 9.92. The van der Waals surface area contributed by atoms with Crippen molar-refractivity contribution in [2.75, 3.05) is 6.54 Å². The van der Waals surface area contributed by atoms with Gasteiger partial charge in [0.2, 0.25) is 0 Å². The Labute approximate surface area is 91.7 Å². The first-order valence-electron chi connectivity index (χ1n) is 5.61. The topological polar surface area (TPSA) is 69.6 Å². The maximum Gasteiger partial charge on any atom is 0.303 e. The smallest absolute Gasteiger partial charge is 0.303 e. The average molecular weight is 217 g/mol. The number of hydrogen-bond acceptors (Lipinski definition) is 3. The monoisotopic (exact) mass is 217 g/mol. The lowest BCUT2D eigenvalue weighted by Crippen LogP contribution is -2.43. The molecule has 4 heteroatoms. The molecule has 1 atom stereocenters. The molecule has 3 N–H and O–H groups in total. The van der Waals surface area contributed by atoms with Crippen molar-refractivity contribution < 1.29 is 15.0 Å². The number of rotatable bonds is 8. The van der Waals surface area contributed by atoms with Gasteiger partial charge in [0.1, 0.15) is 0 Å². The first kappa shape index (κ1) is 14.4. The molecule has 0 radical (unpaired) electrons. The second-order valence-electron chi connectivity index (χ2n) is 4.15. The van der Waals surface area contributed by atoms with Crippen LogP contribution in [0.3, 0.4) is 0 Å². The number of nitrogens with one attached hydrogen (secondary N) is 1. The van der Waals surface area contributed by atoms with Crippen LogP contribution in [0.25, 0.3) is 0 Å². The summed E-state index contributed by atoms with van der Waals surface area (Å²) in [6, 6.07) is 0.130. The van der Waals surface area contributed by atoms with Crippen molar-refractivity contribution in [2.45, 2.75) is 58.1 Å². The van der Waals surface area contributed by atoms with Gasteiger partial charge in [0, 0.05) is 19.0 Å². The molecule has 0 rings (SSSR count). The lowest BCUT2D eigenvalue weighted by molar-refractivity contribution is -0.137. The number of hydrogen-bond donors (Lipinski definition) is 3. The first-order valence-corrected chi connectivity index (χ1v) is 5.61. The van der Waals surface area contributed by atoms with Crippen LogP contribution in [0.2, 0.25) is 0 Å². The van der Waals surface area contributed by atoms with E-state index in [1.54, 1.807) is 0 Å². The highest BCUT2D eigenvalue weighted by Gasteiger charge is 2.22. The van der Waals surface area contributed by atoms with Gasteiger partial charge in [-0.15, -0.1) is 0 Å². The van der Waals surface area contributed by atoms with Gasteiger partial charge in [-0.3, -0.25) is 4.79 Å². The molecule has 0 aliphatic carbocycles. The molecular weight excluding hydrogens is 194 g/mol. The fourth-order valence-corrected chi connectivity index (χ4v) is 1.31. The molecule has 0 aromatic carbocycles. The van der Waals surface area contributed by atoms with Crippen molar-refractivity contribution in [2.24, 2.45) is 0 Å². The van der Waals surface area contributed by atoms with Gasteiger partial charge in [0.25, 0.3) is 0 Å². The minimum Gasteiger partial charge on any atom is -0.481 e. The molecule has 0 heterocycles. The van der Waals surface area contributed by atoms with Crippen LogP contribution >= 0.6 is 0 Å². The van der Waals surface area contributed by atoms with Crippen LogP contribution in [0.1, 0.15) is 46.5 Å². The Kier molecular flexibility index (Phi) is 6.52. The van der Waals surface area contributed by atoms with E-state index in [9.17, 15) is 9.90 Å². The zero-order chi connectivity index (χ0) is 11.9. The van der Waals surface area contributed by atoms with E-state index in [-0.39, 0.29) is 12.5 Å². The van der Waals surface area contributed by atoms with Gasteiger partial charge >= 0.3 is 5.97 Å². The van der Waals surface area contributed by atoms with E-state index >= 15 is 0 Å². The molecule has 90 valence electrons. The predicted molar refractivity (Wildman–Crippen MR) is 59.9 cm³/mol. The van der Waals surface area contributed by atoms with Crippen molar-refractivity contribution in [1.29, 1.82) is 0 Å². The predicted octanol–water partition coefficient (Wildman–Crippen LogP) is 1.38. The Morgan fingerprint density at radius 3 is 2.33 bits per heavy atom. The van der Waals surface area contributed by atoms with E-state index < -0.39 is 11.6 Å². The molecule has 0 saturated carbocycles. The summed E-state index contributed by atoms with van der Waals surface area (Å²) in [5.41, 5.74) is -0.655. The van der Waals surface area contributed by atoms with Crippen molar-refractivity contribution in [1.82, 2.24) is 5.32 Å². The number of carboxylic acids is 1. The molecule has 0 aliphatic heterocycles. The summed E-state index contributed by atoms with van der Waals surface area (Å²) in [4.78, 5) is 10.3. The van der Waals surface area contributed by atoms with Gasteiger partial charge < -0.3 is 15.5 Å². The fourth-order valence-electron chi connectivity index (χ4n) is 1.31. The maximum atomic E-state index is 10.3. The van der Waals surface area contributed by atoms with Crippen molar-refractivity contribution in [3.05, 3.63) is 0 Å². The molecule has 0 spiro atoms. The van der Waals surface area contributed by atoms with E-state index in [4.69, 9.17) is 5.11 Å². The average Bonchev–Trinajstić information content (AvgIpc) is 2.23. The quantitative estimate of drug-likeness (QED) is 0.574. The normalized spacial score (nSPS) is 13.9. The fraction of sp³-hybridized carbons (Fsp3) is 0.909. The minimum atomic E-state index is -0.773. The van der Waals surface area contributed by atoms with E-state index in [0.29, 0.717) is 25.8 Å². The number of aliphatic carboxylic acids is 1. The lowest BCUT2D eigenvalue weighted by Gasteiger charge is -2.27. The number of carboxylic acid groups (broad SMARTS) is 1. The summed E-state index contributed by atoms with van der Waals surface area (Å²) >= 11 is 0. The van der Waals surface area contributed by atoms with Crippen LogP contribution in [0, 0.1) is 0 Å². The van der Waals surface area contributed by atoms with Crippen LogP contribution < -0.4 is 5.32 Å². The van der Waals surface area contributed by atoms with Crippen LogP contribution in [-0.2, 0) is 4.79 Å². The van der Waals surface area contributed by atoms with Gasteiger partial charge in [-0.25, -0.2) is 0 Å². The van der Waals surface area contributed by atoms with E-state index in [2.05, 4.69) is 5.32 Å². The standard InChI is InChI=1S/C11H23NO3/c1-4-11(15,5-2)8-12-9(3)6-7-10(13)14/h9,12,15H,4-8H2,1-3H3,(H,13,14). The van der Waals surface area contributed by atoms with Crippen molar-refractivity contribution in [3.63, 3.8) is 0 Å². The third-order valence-corrected chi connectivity index (χ3v) is 2.89. The largest absolute Gasteiger partial charge is 0.481 e. The number of carbonyl (C=O) groups is 1. The van der Waals surface area contributed by atoms with Crippen LogP contribution in [0.15, 0.2) is 0 Å². The lowest BCUT2D eigenvalue weighted by atomic mass is 9.97. The molecule has 1 unspecified atom stereocenters. The molecule has 0 fully saturated rings. The van der Waals surface area contributed by atoms with Crippen LogP contribution in [0.5, 0.6) is 0 Å². The third kappa shape index (κ3) is 6.47. The molecule has 0 bridgehead atoms. The van der Waals surface area contributed by atoms with E-state index in [1.165, 1.54) is 0 Å². The molecule has 0 amide bonds. The molecule has 0 aromatic rings. The molecule has 0 aliphatic rings.